The van der Waals surface area contributed by atoms with E-state index < -0.39 is 5.25 Å². The first-order valence-corrected chi connectivity index (χ1v) is 10.4. The van der Waals surface area contributed by atoms with E-state index >= 15 is 0 Å². The minimum Gasteiger partial charge on any atom is -0.495 e. The molecule has 2 aromatic carbocycles. The Hall–Kier alpha value is -2.71. The fraction of sp³-hybridized carbons (Fsp3) is 0.250. The molecule has 1 aliphatic heterocycles. The molecular formula is C20H20ClN5O2S. The maximum Gasteiger partial charge on any atom is 0.240 e. The molecule has 2 N–H and O–H groups in total. The van der Waals surface area contributed by atoms with E-state index in [2.05, 4.69) is 20.9 Å². The van der Waals surface area contributed by atoms with Gasteiger partial charge in [0, 0.05) is 11.4 Å². The molecule has 2 heterocycles. The number of hydrogen-bond acceptors (Lipinski definition) is 6. The van der Waals surface area contributed by atoms with Crippen molar-refractivity contribution in [3.63, 3.8) is 0 Å². The van der Waals surface area contributed by atoms with Crippen LogP contribution in [0.25, 0.3) is 0 Å². The number of halogens is 1. The normalized spacial score (nSPS) is 17.9. The van der Waals surface area contributed by atoms with Crippen molar-refractivity contribution in [2.75, 3.05) is 17.9 Å². The van der Waals surface area contributed by atoms with Crippen molar-refractivity contribution in [1.29, 1.82) is 0 Å². The average molecular weight is 430 g/mol. The van der Waals surface area contributed by atoms with Crippen LogP contribution in [0.15, 0.2) is 53.7 Å². The van der Waals surface area contributed by atoms with Gasteiger partial charge in [0.15, 0.2) is 5.82 Å². The van der Waals surface area contributed by atoms with Crippen molar-refractivity contribution in [1.82, 2.24) is 14.9 Å². The van der Waals surface area contributed by atoms with Crippen molar-refractivity contribution in [2.24, 2.45) is 0 Å². The van der Waals surface area contributed by atoms with Gasteiger partial charge in [-0.3, -0.25) is 4.79 Å². The van der Waals surface area contributed by atoms with Crippen LogP contribution in [0.2, 0.25) is 5.02 Å². The molecule has 0 radical (unpaired) electrons. The first kappa shape index (κ1) is 19.6. The van der Waals surface area contributed by atoms with Crippen molar-refractivity contribution < 1.29 is 9.53 Å². The van der Waals surface area contributed by atoms with Gasteiger partial charge >= 0.3 is 0 Å². The van der Waals surface area contributed by atoms with E-state index in [-0.39, 0.29) is 11.9 Å². The molecule has 0 aliphatic carbocycles. The summed E-state index contributed by atoms with van der Waals surface area (Å²) in [5.74, 6) is 1.27. The molecule has 4 rings (SSSR count). The number of ether oxygens (including phenoxy) is 1. The summed E-state index contributed by atoms with van der Waals surface area (Å²) < 4.78 is 7.21. The standard InChI is InChI=1S/C20H20ClN5O2S/c1-3-16-23-24-20-26(16)25-17(12-8-10-13(21)11-9-12)18(29-20)19(27)22-14-6-4-5-7-15(14)28-2/h4-11,17-18,25H,3H2,1-2H3,(H,22,27). The molecule has 0 saturated heterocycles. The lowest BCUT2D eigenvalue weighted by molar-refractivity contribution is -0.116. The number of hydrogen-bond donors (Lipinski definition) is 2. The zero-order valence-corrected chi connectivity index (χ0v) is 17.5. The lowest BCUT2D eigenvalue weighted by Gasteiger charge is -2.33. The van der Waals surface area contributed by atoms with E-state index in [1.54, 1.807) is 7.11 Å². The van der Waals surface area contributed by atoms with Gasteiger partial charge in [0.05, 0.1) is 18.8 Å². The Labute approximate surface area is 177 Å². The molecule has 0 bridgehead atoms. The van der Waals surface area contributed by atoms with Crippen LogP contribution in [0.5, 0.6) is 5.75 Å². The van der Waals surface area contributed by atoms with E-state index in [1.165, 1.54) is 11.8 Å². The van der Waals surface area contributed by atoms with Crippen LogP contribution >= 0.6 is 23.4 Å². The molecule has 0 spiro atoms. The number of para-hydroxylation sites is 2. The van der Waals surface area contributed by atoms with Gasteiger partial charge in [-0.2, -0.15) is 0 Å². The van der Waals surface area contributed by atoms with Gasteiger partial charge in [0.25, 0.3) is 0 Å². The van der Waals surface area contributed by atoms with Crippen molar-refractivity contribution in [3.05, 3.63) is 64.9 Å². The van der Waals surface area contributed by atoms with Crippen LogP contribution in [0.4, 0.5) is 5.69 Å². The molecule has 1 aromatic heterocycles. The number of amides is 1. The van der Waals surface area contributed by atoms with Crippen LogP contribution in [-0.4, -0.2) is 33.1 Å². The second kappa shape index (κ2) is 8.34. The Bertz CT molecular complexity index is 1020. The van der Waals surface area contributed by atoms with Crippen molar-refractivity contribution in [3.8, 4) is 5.75 Å². The third-order valence-corrected chi connectivity index (χ3v) is 6.14. The summed E-state index contributed by atoms with van der Waals surface area (Å²) in [6.45, 7) is 2.02. The summed E-state index contributed by atoms with van der Waals surface area (Å²) in [7, 11) is 1.58. The monoisotopic (exact) mass is 429 g/mol. The molecule has 29 heavy (non-hydrogen) atoms. The molecule has 7 nitrogen and oxygen atoms in total. The van der Waals surface area contributed by atoms with E-state index in [9.17, 15) is 4.79 Å². The minimum absolute atomic E-state index is 0.153. The summed E-state index contributed by atoms with van der Waals surface area (Å²) in [6, 6.07) is 14.5. The van der Waals surface area contributed by atoms with Crippen LogP contribution < -0.4 is 15.5 Å². The Kier molecular flexibility index (Phi) is 5.64. The molecule has 150 valence electrons. The smallest absolute Gasteiger partial charge is 0.240 e. The summed E-state index contributed by atoms with van der Waals surface area (Å²) in [5, 5.41) is 12.3. The third kappa shape index (κ3) is 3.90. The number of benzene rings is 2. The molecule has 1 amide bonds. The molecule has 2 atom stereocenters. The number of aromatic nitrogens is 3. The lowest BCUT2D eigenvalue weighted by Crippen LogP contribution is -2.41. The SMILES string of the molecule is CCc1nnc2n1NC(c1ccc(Cl)cc1)C(C(=O)Nc1ccccc1OC)S2. The summed E-state index contributed by atoms with van der Waals surface area (Å²) >= 11 is 7.44. The average Bonchev–Trinajstić information content (AvgIpc) is 3.16. The molecule has 3 aromatic rings. The zero-order valence-electron chi connectivity index (χ0n) is 15.9. The van der Waals surface area contributed by atoms with E-state index in [4.69, 9.17) is 16.3 Å². The second-order valence-electron chi connectivity index (χ2n) is 6.47. The predicted molar refractivity (Wildman–Crippen MR) is 114 cm³/mol. The maximum atomic E-state index is 13.3. The fourth-order valence-corrected chi connectivity index (χ4v) is 4.42. The highest BCUT2D eigenvalue weighted by molar-refractivity contribution is 8.00. The van der Waals surface area contributed by atoms with Crippen LogP contribution in [0.3, 0.4) is 0 Å². The van der Waals surface area contributed by atoms with Crippen LogP contribution in [0.1, 0.15) is 24.4 Å². The van der Waals surface area contributed by atoms with E-state index in [0.717, 1.165) is 17.8 Å². The van der Waals surface area contributed by atoms with Crippen molar-refractivity contribution >= 4 is 35.0 Å². The Morgan fingerprint density at radius 2 is 2.00 bits per heavy atom. The summed E-state index contributed by atoms with van der Waals surface area (Å²) in [5.41, 5.74) is 4.98. The predicted octanol–water partition coefficient (Wildman–Crippen LogP) is 3.90. The highest BCUT2D eigenvalue weighted by atomic mass is 35.5. The van der Waals surface area contributed by atoms with Gasteiger partial charge in [0.1, 0.15) is 11.0 Å². The molecule has 0 saturated carbocycles. The number of fused-ring (bicyclic) bond motifs is 1. The molecular weight excluding hydrogens is 410 g/mol. The third-order valence-electron chi connectivity index (χ3n) is 4.67. The quantitative estimate of drug-likeness (QED) is 0.640. The van der Waals surface area contributed by atoms with Crippen LogP contribution in [0, 0.1) is 0 Å². The number of aryl methyl sites for hydroxylation is 1. The largest absolute Gasteiger partial charge is 0.495 e. The number of rotatable bonds is 5. The maximum absolute atomic E-state index is 13.3. The highest BCUT2D eigenvalue weighted by Gasteiger charge is 2.37. The first-order valence-electron chi connectivity index (χ1n) is 9.17. The topological polar surface area (TPSA) is 81.1 Å². The minimum atomic E-state index is -0.470. The van der Waals surface area contributed by atoms with E-state index in [1.807, 2.05) is 60.1 Å². The van der Waals surface area contributed by atoms with Gasteiger partial charge in [-0.1, -0.05) is 54.6 Å². The Balaban J connectivity index is 1.68. The molecule has 0 fully saturated rings. The Morgan fingerprint density at radius 1 is 1.24 bits per heavy atom. The van der Waals surface area contributed by atoms with Gasteiger partial charge in [-0.15, -0.1) is 10.2 Å². The first-order chi connectivity index (χ1) is 14.1. The number of carbonyl (C=O) groups is 1. The van der Waals surface area contributed by atoms with Gasteiger partial charge < -0.3 is 15.5 Å². The fourth-order valence-electron chi connectivity index (χ4n) is 3.20. The molecule has 9 heteroatoms. The number of nitrogens with zero attached hydrogens (tertiary/aromatic N) is 3. The second-order valence-corrected chi connectivity index (χ2v) is 8.02. The number of anilines is 1. The number of nitrogens with one attached hydrogen (secondary N) is 2. The van der Waals surface area contributed by atoms with Gasteiger partial charge in [-0.05, 0) is 29.8 Å². The number of thioether (sulfide) groups is 1. The van der Waals surface area contributed by atoms with Gasteiger partial charge in [0.2, 0.25) is 11.1 Å². The number of methoxy groups -OCH3 is 1. The highest BCUT2D eigenvalue weighted by Crippen LogP contribution is 2.38. The molecule has 2 unspecified atom stereocenters. The zero-order chi connectivity index (χ0) is 20.4. The van der Waals surface area contributed by atoms with E-state index in [0.29, 0.717) is 21.6 Å². The Morgan fingerprint density at radius 3 is 2.72 bits per heavy atom. The molecule has 1 aliphatic rings. The summed E-state index contributed by atoms with van der Waals surface area (Å²) in [4.78, 5) is 13.3. The van der Waals surface area contributed by atoms with Crippen LogP contribution in [-0.2, 0) is 11.2 Å². The summed E-state index contributed by atoms with van der Waals surface area (Å²) in [6.07, 6.45) is 0.728. The van der Waals surface area contributed by atoms with Crippen molar-refractivity contribution in [2.45, 2.75) is 29.8 Å². The lowest BCUT2D eigenvalue weighted by atomic mass is 10.0. The van der Waals surface area contributed by atoms with Gasteiger partial charge in [-0.25, -0.2) is 4.68 Å². The number of carbonyl (C=O) groups excluding carboxylic acids is 1.